The summed E-state index contributed by atoms with van der Waals surface area (Å²) >= 11 is 0. The van der Waals surface area contributed by atoms with Gasteiger partial charge in [-0.3, -0.25) is 0 Å². The molecule has 26 heavy (non-hydrogen) atoms. The Balaban J connectivity index is 1.86. The second-order valence-corrected chi connectivity index (χ2v) is 7.18. The Morgan fingerprint density at radius 3 is 2.85 bits per heavy atom. The van der Waals surface area contributed by atoms with E-state index in [1.165, 1.54) is 6.07 Å². The number of fused-ring (bicyclic) bond motifs is 1. The topological polar surface area (TPSA) is 54.2 Å². The average molecular weight is 350 g/mol. The van der Waals surface area contributed by atoms with Gasteiger partial charge in [-0.15, -0.1) is 0 Å². The number of nitrogen functional groups attached to an aromatic ring is 1. The van der Waals surface area contributed by atoms with E-state index in [-0.39, 0.29) is 5.82 Å². The summed E-state index contributed by atoms with van der Waals surface area (Å²) < 4.78 is 14.5. The van der Waals surface area contributed by atoms with Crippen molar-refractivity contribution in [2.45, 2.75) is 19.4 Å². The Morgan fingerprint density at radius 1 is 1.27 bits per heavy atom. The molecule has 0 amide bonds. The highest BCUT2D eigenvalue weighted by atomic mass is 19.1. The van der Waals surface area contributed by atoms with Crippen LogP contribution in [-0.4, -0.2) is 36.1 Å². The van der Waals surface area contributed by atoms with Crippen molar-refractivity contribution >= 4 is 22.3 Å². The molecule has 0 unspecified atom stereocenters. The van der Waals surface area contributed by atoms with Crippen LogP contribution in [0.25, 0.3) is 21.9 Å². The standard InChI is InChI=1S/C21H23FN4/c1-13-4-3-5-18(22)21(13)14-8-15-11-24-20(23)10-17(15)19(9-14)25-16-6-7-26(2)12-16/h3-5,8-11,16,25H,6-7,12H2,1-2H3,(H2,23,24)/t16-/m0/s1. The average Bonchev–Trinajstić information content (AvgIpc) is 3.00. The maximum Gasteiger partial charge on any atom is 0.131 e. The van der Waals surface area contributed by atoms with Gasteiger partial charge in [0.1, 0.15) is 11.6 Å². The molecule has 1 aliphatic heterocycles. The molecule has 3 aromatic rings. The zero-order valence-corrected chi connectivity index (χ0v) is 15.1. The number of halogens is 1. The number of benzene rings is 2. The molecule has 134 valence electrons. The van der Waals surface area contributed by atoms with Crippen molar-refractivity contribution in [3.63, 3.8) is 0 Å². The van der Waals surface area contributed by atoms with Gasteiger partial charge in [0.15, 0.2) is 0 Å². The number of nitrogens with two attached hydrogens (primary N) is 1. The summed E-state index contributed by atoms with van der Waals surface area (Å²) in [6.45, 7) is 4.00. The van der Waals surface area contributed by atoms with Crippen LogP contribution < -0.4 is 11.1 Å². The fourth-order valence-electron chi connectivity index (χ4n) is 3.81. The molecule has 1 saturated heterocycles. The molecule has 1 aliphatic rings. The molecule has 1 aromatic heterocycles. The van der Waals surface area contributed by atoms with Crippen LogP contribution in [0.15, 0.2) is 42.6 Å². The minimum Gasteiger partial charge on any atom is -0.384 e. The summed E-state index contributed by atoms with van der Waals surface area (Å²) in [4.78, 5) is 6.53. The fraction of sp³-hybridized carbons (Fsp3) is 0.286. The van der Waals surface area contributed by atoms with Crippen LogP contribution in [-0.2, 0) is 0 Å². The van der Waals surface area contributed by atoms with Crippen LogP contribution >= 0.6 is 0 Å². The number of likely N-dealkylation sites (N-methyl/N-ethyl adjacent to an activating group) is 1. The molecule has 0 bridgehead atoms. The van der Waals surface area contributed by atoms with Crippen molar-refractivity contribution in [2.75, 3.05) is 31.2 Å². The van der Waals surface area contributed by atoms with Crippen LogP contribution in [0.5, 0.6) is 0 Å². The second kappa shape index (κ2) is 6.57. The maximum absolute atomic E-state index is 14.5. The van der Waals surface area contributed by atoms with Crippen LogP contribution in [0, 0.1) is 12.7 Å². The molecule has 1 atom stereocenters. The summed E-state index contributed by atoms with van der Waals surface area (Å²) in [5.41, 5.74) is 9.30. The lowest BCUT2D eigenvalue weighted by molar-refractivity contribution is 0.414. The van der Waals surface area contributed by atoms with E-state index in [0.717, 1.165) is 47.1 Å². The van der Waals surface area contributed by atoms with E-state index < -0.39 is 0 Å². The van der Waals surface area contributed by atoms with Crippen molar-refractivity contribution in [3.05, 3.63) is 54.0 Å². The minimum absolute atomic E-state index is 0.209. The lowest BCUT2D eigenvalue weighted by Crippen LogP contribution is -2.23. The Kier molecular flexibility index (Phi) is 4.24. The number of nitrogens with zero attached hydrogens (tertiary/aromatic N) is 2. The largest absolute Gasteiger partial charge is 0.384 e. The zero-order valence-electron chi connectivity index (χ0n) is 15.1. The number of aromatic nitrogens is 1. The highest BCUT2D eigenvalue weighted by Gasteiger charge is 2.20. The highest BCUT2D eigenvalue weighted by molar-refractivity contribution is 5.98. The SMILES string of the molecule is Cc1cccc(F)c1-c1cc(N[C@H]2CCN(C)C2)c2cc(N)ncc2c1. The first-order valence-corrected chi connectivity index (χ1v) is 8.91. The predicted octanol–water partition coefficient (Wildman–Crippen LogP) is 4.05. The predicted molar refractivity (Wildman–Crippen MR) is 106 cm³/mol. The van der Waals surface area contributed by atoms with E-state index in [2.05, 4.69) is 22.2 Å². The Bertz CT molecular complexity index is 949. The quantitative estimate of drug-likeness (QED) is 0.748. The minimum atomic E-state index is -0.209. The maximum atomic E-state index is 14.5. The fourth-order valence-corrected chi connectivity index (χ4v) is 3.81. The molecule has 0 aliphatic carbocycles. The van der Waals surface area contributed by atoms with Crippen molar-refractivity contribution in [1.29, 1.82) is 0 Å². The smallest absolute Gasteiger partial charge is 0.131 e. The lowest BCUT2D eigenvalue weighted by Gasteiger charge is -2.18. The third kappa shape index (κ3) is 3.10. The first-order valence-electron chi connectivity index (χ1n) is 8.91. The number of pyridine rings is 1. The number of rotatable bonds is 3. The molecule has 2 aromatic carbocycles. The monoisotopic (exact) mass is 350 g/mol. The van der Waals surface area contributed by atoms with Gasteiger partial charge in [0.25, 0.3) is 0 Å². The molecule has 1 fully saturated rings. The summed E-state index contributed by atoms with van der Waals surface area (Å²) in [6, 6.07) is 11.5. The first kappa shape index (κ1) is 16.8. The Hall–Kier alpha value is -2.66. The molecule has 4 rings (SSSR count). The van der Waals surface area contributed by atoms with E-state index in [9.17, 15) is 4.39 Å². The van der Waals surface area contributed by atoms with Gasteiger partial charge in [0.2, 0.25) is 0 Å². The van der Waals surface area contributed by atoms with Crippen LogP contribution in [0.2, 0.25) is 0 Å². The molecule has 2 heterocycles. The van der Waals surface area contributed by atoms with Gasteiger partial charge in [0.05, 0.1) is 0 Å². The van der Waals surface area contributed by atoms with Crippen LogP contribution in [0.3, 0.4) is 0 Å². The Morgan fingerprint density at radius 2 is 2.12 bits per heavy atom. The number of likely N-dealkylation sites (tertiary alicyclic amines) is 1. The molecular formula is C21H23FN4. The van der Waals surface area contributed by atoms with Gasteiger partial charge in [-0.1, -0.05) is 12.1 Å². The van der Waals surface area contributed by atoms with Crippen LogP contribution in [0.1, 0.15) is 12.0 Å². The number of hydrogen-bond donors (Lipinski definition) is 2. The van der Waals surface area contributed by atoms with Crippen LogP contribution in [0.4, 0.5) is 15.9 Å². The molecule has 0 radical (unpaired) electrons. The number of anilines is 2. The zero-order chi connectivity index (χ0) is 18.3. The summed E-state index contributed by atoms with van der Waals surface area (Å²) in [5.74, 6) is 0.276. The van der Waals surface area contributed by atoms with Crippen molar-refractivity contribution in [1.82, 2.24) is 9.88 Å². The van der Waals surface area contributed by atoms with Crippen molar-refractivity contribution < 1.29 is 4.39 Å². The lowest BCUT2D eigenvalue weighted by atomic mass is 9.96. The van der Waals surface area contributed by atoms with Gasteiger partial charge < -0.3 is 16.0 Å². The molecule has 0 spiro atoms. The van der Waals surface area contributed by atoms with E-state index in [1.807, 2.05) is 31.2 Å². The molecule has 5 heteroatoms. The van der Waals surface area contributed by atoms with Gasteiger partial charge in [0, 0.05) is 40.8 Å². The number of hydrogen-bond acceptors (Lipinski definition) is 4. The molecule has 0 saturated carbocycles. The van der Waals surface area contributed by atoms with Crippen molar-refractivity contribution in [3.8, 4) is 11.1 Å². The van der Waals surface area contributed by atoms with Crippen molar-refractivity contribution in [2.24, 2.45) is 0 Å². The molecular weight excluding hydrogens is 327 g/mol. The molecule has 3 N–H and O–H groups in total. The molecule has 4 nitrogen and oxygen atoms in total. The highest BCUT2D eigenvalue weighted by Crippen LogP contribution is 2.35. The second-order valence-electron chi connectivity index (χ2n) is 7.18. The third-order valence-electron chi connectivity index (χ3n) is 5.12. The van der Waals surface area contributed by atoms with Gasteiger partial charge in [-0.05, 0) is 62.3 Å². The van der Waals surface area contributed by atoms with E-state index in [4.69, 9.17) is 5.73 Å². The van der Waals surface area contributed by atoms with Gasteiger partial charge >= 0.3 is 0 Å². The summed E-state index contributed by atoms with van der Waals surface area (Å²) in [7, 11) is 2.13. The summed E-state index contributed by atoms with van der Waals surface area (Å²) in [5, 5.41) is 5.61. The van der Waals surface area contributed by atoms with Gasteiger partial charge in [-0.2, -0.15) is 0 Å². The van der Waals surface area contributed by atoms with E-state index in [0.29, 0.717) is 17.4 Å². The normalized spacial score (nSPS) is 17.7. The van der Waals surface area contributed by atoms with E-state index in [1.54, 1.807) is 12.3 Å². The Labute approximate surface area is 152 Å². The number of nitrogens with one attached hydrogen (secondary N) is 1. The summed E-state index contributed by atoms with van der Waals surface area (Å²) in [6.07, 6.45) is 2.85. The first-order chi connectivity index (χ1) is 12.5. The van der Waals surface area contributed by atoms with E-state index >= 15 is 0 Å². The third-order valence-corrected chi connectivity index (χ3v) is 5.12. The number of aryl methyl sites for hydroxylation is 1. The van der Waals surface area contributed by atoms with Gasteiger partial charge in [-0.25, -0.2) is 9.37 Å².